The Morgan fingerprint density at radius 3 is 2.39 bits per heavy atom. The van der Waals surface area contributed by atoms with Crippen LogP contribution in [0.2, 0.25) is 0 Å². The van der Waals surface area contributed by atoms with Crippen molar-refractivity contribution in [2.24, 2.45) is 11.8 Å². The molecule has 18 heavy (non-hydrogen) atoms. The van der Waals surface area contributed by atoms with Crippen molar-refractivity contribution in [3.05, 3.63) is 0 Å². The van der Waals surface area contributed by atoms with Gasteiger partial charge in [0, 0.05) is 0 Å². The summed E-state index contributed by atoms with van der Waals surface area (Å²) < 4.78 is 9.99. The zero-order valence-electron chi connectivity index (χ0n) is 11.4. The summed E-state index contributed by atoms with van der Waals surface area (Å²) in [4.78, 5) is 23.3. The molecule has 0 saturated heterocycles. The Morgan fingerprint density at radius 1 is 1.11 bits per heavy atom. The number of esters is 2. The van der Waals surface area contributed by atoms with E-state index in [0.29, 0.717) is 13.0 Å². The average Bonchev–Trinajstić information content (AvgIpc) is 2.42. The van der Waals surface area contributed by atoms with Gasteiger partial charge in [0.15, 0.2) is 0 Å². The molecule has 0 amide bonds. The summed E-state index contributed by atoms with van der Waals surface area (Å²) in [6.45, 7) is 2.62. The Hall–Kier alpha value is -1.06. The zero-order valence-corrected chi connectivity index (χ0v) is 11.4. The highest BCUT2D eigenvalue weighted by molar-refractivity contribution is 5.76. The summed E-state index contributed by atoms with van der Waals surface area (Å²) in [5.74, 6) is -0.584. The zero-order chi connectivity index (χ0) is 13.4. The summed E-state index contributed by atoms with van der Waals surface area (Å²) in [6.07, 6.45) is 6.27. The predicted octanol–water partition coefficient (Wildman–Crippen LogP) is 2.70. The van der Waals surface area contributed by atoms with Crippen LogP contribution in [0.4, 0.5) is 0 Å². The Morgan fingerprint density at radius 2 is 1.78 bits per heavy atom. The molecule has 1 fully saturated rings. The average molecular weight is 256 g/mol. The summed E-state index contributed by atoms with van der Waals surface area (Å²) >= 11 is 0. The van der Waals surface area contributed by atoms with Crippen molar-refractivity contribution in [1.29, 1.82) is 0 Å². The highest BCUT2D eigenvalue weighted by Crippen LogP contribution is 2.30. The number of hydrogen-bond donors (Lipinski definition) is 0. The second kappa shape index (κ2) is 8.11. The Balaban J connectivity index is 2.31. The van der Waals surface area contributed by atoms with Gasteiger partial charge in [-0.1, -0.05) is 26.2 Å². The van der Waals surface area contributed by atoms with Gasteiger partial charge in [0.25, 0.3) is 0 Å². The van der Waals surface area contributed by atoms with Crippen molar-refractivity contribution >= 4 is 11.9 Å². The molecule has 0 spiro atoms. The topological polar surface area (TPSA) is 52.6 Å². The maximum absolute atomic E-state index is 11.8. The van der Waals surface area contributed by atoms with Crippen molar-refractivity contribution in [2.75, 3.05) is 13.7 Å². The van der Waals surface area contributed by atoms with Crippen LogP contribution in [0.3, 0.4) is 0 Å². The molecule has 0 aliphatic heterocycles. The number of methoxy groups -OCH3 is 1. The van der Waals surface area contributed by atoms with Crippen LogP contribution in [0.1, 0.15) is 51.9 Å². The first-order valence-electron chi connectivity index (χ1n) is 6.93. The van der Waals surface area contributed by atoms with Gasteiger partial charge in [-0.05, 0) is 25.7 Å². The lowest BCUT2D eigenvalue weighted by atomic mass is 9.81. The molecule has 0 N–H and O–H groups in total. The fraction of sp³-hybridized carbons (Fsp3) is 0.857. The smallest absolute Gasteiger partial charge is 0.308 e. The monoisotopic (exact) mass is 256 g/mol. The Labute approximate surface area is 109 Å². The fourth-order valence-corrected chi connectivity index (χ4v) is 2.43. The molecule has 1 aliphatic carbocycles. The molecule has 0 heterocycles. The van der Waals surface area contributed by atoms with E-state index in [-0.39, 0.29) is 23.8 Å². The van der Waals surface area contributed by atoms with E-state index in [2.05, 4.69) is 6.92 Å². The van der Waals surface area contributed by atoms with Gasteiger partial charge in [0.05, 0.1) is 25.6 Å². The van der Waals surface area contributed by atoms with Crippen molar-refractivity contribution in [3.63, 3.8) is 0 Å². The van der Waals surface area contributed by atoms with Gasteiger partial charge in [0.2, 0.25) is 0 Å². The van der Waals surface area contributed by atoms with E-state index in [1.165, 1.54) is 7.11 Å². The largest absolute Gasteiger partial charge is 0.469 e. The van der Waals surface area contributed by atoms with Gasteiger partial charge in [0.1, 0.15) is 0 Å². The quantitative estimate of drug-likeness (QED) is 0.541. The van der Waals surface area contributed by atoms with Gasteiger partial charge >= 0.3 is 11.9 Å². The SMILES string of the molecule is CCCCCOC(=O)C1CCCC(C(=O)OC)C1. The van der Waals surface area contributed by atoms with Crippen LogP contribution in [-0.2, 0) is 19.1 Å². The van der Waals surface area contributed by atoms with E-state index in [9.17, 15) is 9.59 Å². The minimum atomic E-state index is -0.196. The minimum absolute atomic E-state index is 0.121. The van der Waals surface area contributed by atoms with Crippen molar-refractivity contribution < 1.29 is 19.1 Å². The van der Waals surface area contributed by atoms with Gasteiger partial charge in [-0.2, -0.15) is 0 Å². The third kappa shape index (κ3) is 4.67. The minimum Gasteiger partial charge on any atom is -0.469 e. The molecule has 0 bridgehead atoms. The first-order chi connectivity index (χ1) is 8.69. The van der Waals surface area contributed by atoms with E-state index in [1.807, 2.05) is 0 Å². The van der Waals surface area contributed by atoms with E-state index in [0.717, 1.165) is 38.5 Å². The second-order valence-electron chi connectivity index (χ2n) is 4.96. The lowest BCUT2D eigenvalue weighted by Gasteiger charge is -2.25. The molecule has 1 aliphatic rings. The summed E-state index contributed by atoms with van der Waals surface area (Å²) in [7, 11) is 1.40. The maximum atomic E-state index is 11.8. The number of hydrogen-bond acceptors (Lipinski definition) is 4. The van der Waals surface area contributed by atoms with Gasteiger partial charge in [-0.25, -0.2) is 0 Å². The highest BCUT2D eigenvalue weighted by atomic mass is 16.5. The van der Waals surface area contributed by atoms with Crippen LogP contribution in [0.25, 0.3) is 0 Å². The van der Waals surface area contributed by atoms with Crippen LogP contribution in [0.5, 0.6) is 0 Å². The van der Waals surface area contributed by atoms with E-state index in [1.54, 1.807) is 0 Å². The Kier molecular flexibility index (Phi) is 6.76. The molecular weight excluding hydrogens is 232 g/mol. The van der Waals surface area contributed by atoms with Crippen molar-refractivity contribution in [3.8, 4) is 0 Å². The van der Waals surface area contributed by atoms with Crippen molar-refractivity contribution in [2.45, 2.75) is 51.9 Å². The molecule has 2 unspecified atom stereocenters. The maximum Gasteiger partial charge on any atom is 0.308 e. The molecular formula is C14H24O4. The molecule has 1 rings (SSSR count). The number of unbranched alkanes of at least 4 members (excludes halogenated alkanes) is 2. The first-order valence-corrected chi connectivity index (χ1v) is 6.93. The molecule has 0 aromatic carbocycles. The lowest BCUT2D eigenvalue weighted by Crippen LogP contribution is -2.29. The van der Waals surface area contributed by atoms with Gasteiger partial charge in [-0.3, -0.25) is 9.59 Å². The molecule has 2 atom stereocenters. The van der Waals surface area contributed by atoms with Crippen LogP contribution in [0, 0.1) is 11.8 Å². The van der Waals surface area contributed by atoms with Crippen LogP contribution in [0.15, 0.2) is 0 Å². The van der Waals surface area contributed by atoms with Crippen LogP contribution in [-0.4, -0.2) is 25.7 Å². The van der Waals surface area contributed by atoms with E-state index < -0.39 is 0 Å². The van der Waals surface area contributed by atoms with Gasteiger partial charge < -0.3 is 9.47 Å². The van der Waals surface area contributed by atoms with Gasteiger partial charge in [-0.15, -0.1) is 0 Å². The fourth-order valence-electron chi connectivity index (χ4n) is 2.43. The van der Waals surface area contributed by atoms with Crippen LogP contribution < -0.4 is 0 Å². The number of carbonyl (C=O) groups excluding carboxylic acids is 2. The first kappa shape index (κ1) is 15.0. The summed E-state index contributed by atoms with van der Waals surface area (Å²) in [5, 5.41) is 0. The second-order valence-corrected chi connectivity index (χ2v) is 4.96. The van der Waals surface area contributed by atoms with Crippen LogP contribution >= 0.6 is 0 Å². The third-order valence-electron chi connectivity index (χ3n) is 3.53. The molecule has 4 heteroatoms. The summed E-state index contributed by atoms with van der Waals surface area (Å²) in [5.41, 5.74) is 0. The number of carbonyl (C=O) groups is 2. The molecule has 0 aromatic rings. The molecule has 104 valence electrons. The molecule has 0 aromatic heterocycles. The number of ether oxygens (including phenoxy) is 2. The van der Waals surface area contributed by atoms with E-state index in [4.69, 9.17) is 9.47 Å². The molecule has 0 radical (unpaired) electrons. The summed E-state index contributed by atoms with van der Waals surface area (Å²) in [6, 6.07) is 0. The normalized spacial score (nSPS) is 23.4. The number of rotatable bonds is 6. The Bertz CT molecular complexity index is 275. The standard InChI is InChI=1S/C14H24O4/c1-3-4-5-9-18-14(16)12-8-6-7-11(10-12)13(15)17-2/h11-12H,3-10H2,1-2H3. The predicted molar refractivity (Wildman–Crippen MR) is 67.9 cm³/mol. The molecule has 1 saturated carbocycles. The third-order valence-corrected chi connectivity index (χ3v) is 3.53. The highest BCUT2D eigenvalue weighted by Gasteiger charge is 2.32. The lowest BCUT2D eigenvalue weighted by molar-refractivity contribution is -0.153. The van der Waals surface area contributed by atoms with Crippen molar-refractivity contribution in [1.82, 2.24) is 0 Å². The molecule has 4 nitrogen and oxygen atoms in total. The van der Waals surface area contributed by atoms with E-state index >= 15 is 0 Å².